The summed E-state index contributed by atoms with van der Waals surface area (Å²) < 4.78 is 10.6. The molecular formula is C23H32N4O3. The molecule has 30 heavy (non-hydrogen) atoms. The van der Waals surface area contributed by atoms with Gasteiger partial charge >= 0.3 is 0 Å². The van der Waals surface area contributed by atoms with Gasteiger partial charge < -0.3 is 25.4 Å². The third-order valence-corrected chi connectivity index (χ3v) is 4.44. The Morgan fingerprint density at radius 2 is 1.70 bits per heavy atom. The first kappa shape index (κ1) is 23.2. The number of hydrogen-bond donors (Lipinski definition) is 3. The highest BCUT2D eigenvalue weighted by Crippen LogP contribution is 2.12. The van der Waals surface area contributed by atoms with Crippen molar-refractivity contribution in [3.05, 3.63) is 65.2 Å². The van der Waals surface area contributed by atoms with Crippen LogP contribution in [0.5, 0.6) is 5.75 Å². The topological polar surface area (TPSA) is 84.0 Å². The highest BCUT2D eigenvalue weighted by atomic mass is 16.5. The quantitative estimate of drug-likeness (QED) is 0.300. The number of amides is 1. The maximum Gasteiger partial charge on any atom is 0.251 e. The van der Waals surface area contributed by atoms with Crippen LogP contribution in [0, 0.1) is 0 Å². The minimum absolute atomic E-state index is 0.0905. The van der Waals surface area contributed by atoms with Gasteiger partial charge in [-0.25, -0.2) is 4.99 Å². The first-order valence-electron chi connectivity index (χ1n) is 10.2. The van der Waals surface area contributed by atoms with Crippen LogP contribution in [0.1, 0.15) is 34.8 Å². The minimum atomic E-state index is -0.0905. The van der Waals surface area contributed by atoms with Crippen molar-refractivity contribution in [1.29, 1.82) is 0 Å². The molecule has 2 aromatic rings. The number of aliphatic imine (C=N–C) groups is 1. The molecule has 0 heterocycles. The number of carbonyl (C=O) groups excluding carboxylic acids is 1. The Morgan fingerprint density at radius 3 is 2.33 bits per heavy atom. The number of nitrogens with zero attached hydrogens (tertiary/aromatic N) is 1. The summed E-state index contributed by atoms with van der Waals surface area (Å²) in [6.07, 6.45) is 0.901. The van der Waals surface area contributed by atoms with E-state index in [2.05, 4.69) is 16.0 Å². The van der Waals surface area contributed by atoms with Gasteiger partial charge in [0.2, 0.25) is 0 Å². The zero-order valence-electron chi connectivity index (χ0n) is 18.0. The second-order valence-corrected chi connectivity index (χ2v) is 6.62. The maximum atomic E-state index is 11.7. The van der Waals surface area contributed by atoms with Gasteiger partial charge in [0.05, 0.1) is 13.7 Å². The smallest absolute Gasteiger partial charge is 0.251 e. The molecule has 3 N–H and O–H groups in total. The van der Waals surface area contributed by atoms with E-state index in [0.29, 0.717) is 18.7 Å². The maximum absolute atomic E-state index is 11.7. The predicted octanol–water partition coefficient (Wildman–Crippen LogP) is 2.72. The number of nitrogens with one attached hydrogen (secondary N) is 3. The molecule has 0 bridgehead atoms. The molecule has 0 radical (unpaired) electrons. The summed E-state index contributed by atoms with van der Waals surface area (Å²) in [5.41, 5.74) is 2.81. The number of ether oxygens (including phenoxy) is 2. The summed E-state index contributed by atoms with van der Waals surface area (Å²) in [4.78, 5) is 16.4. The monoisotopic (exact) mass is 412 g/mol. The summed E-state index contributed by atoms with van der Waals surface area (Å²) in [6.45, 7) is 5.36. The summed E-state index contributed by atoms with van der Waals surface area (Å²) in [6, 6.07) is 15.4. The molecule has 2 aromatic carbocycles. The van der Waals surface area contributed by atoms with E-state index in [9.17, 15) is 4.79 Å². The van der Waals surface area contributed by atoms with E-state index in [-0.39, 0.29) is 5.91 Å². The third kappa shape index (κ3) is 8.13. The molecule has 0 aliphatic carbocycles. The number of guanidine groups is 1. The van der Waals surface area contributed by atoms with Crippen LogP contribution < -0.4 is 20.7 Å². The summed E-state index contributed by atoms with van der Waals surface area (Å²) in [5, 5.41) is 9.33. The van der Waals surface area contributed by atoms with E-state index in [1.54, 1.807) is 14.2 Å². The van der Waals surface area contributed by atoms with Gasteiger partial charge in [-0.15, -0.1) is 0 Å². The van der Waals surface area contributed by atoms with Gasteiger partial charge in [0, 0.05) is 38.9 Å². The van der Waals surface area contributed by atoms with Gasteiger partial charge in [-0.05, 0) is 48.7 Å². The fraction of sp³-hybridized carbons (Fsp3) is 0.391. The van der Waals surface area contributed by atoms with E-state index in [0.717, 1.165) is 49.0 Å². The molecular weight excluding hydrogens is 380 g/mol. The van der Waals surface area contributed by atoms with Crippen LogP contribution in [0.3, 0.4) is 0 Å². The van der Waals surface area contributed by atoms with Gasteiger partial charge in [0.15, 0.2) is 5.96 Å². The molecule has 0 aromatic heterocycles. The van der Waals surface area contributed by atoms with Crippen molar-refractivity contribution in [3.63, 3.8) is 0 Å². The second kappa shape index (κ2) is 13.2. The zero-order chi connectivity index (χ0) is 21.6. The van der Waals surface area contributed by atoms with Gasteiger partial charge in [-0.2, -0.15) is 0 Å². The van der Waals surface area contributed by atoms with E-state index >= 15 is 0 Å². The van der Waals surface area contributed by atoms with Crippen LogP contribution in [0.15, 0.2) is 53.5 Å². The average Bonchev–Trinajstić information content (AvgIpc) is 2.80. The lowest BCUT2D eigenvalue weighted by Crippen LogP contribution is -2.37. The van der Waals surface area contributed by atoms with Crippen molar-refractivity contribution in [2.45, 2.75) is 26.4 Å². The molecule has 2 rings (SSSR count). The van der Waals surface area contributed by atoms with E-state index in [4.69, 9.17) is 14.5 Å². The molecule has 1 amide bonds. The van der Waals surface area contributed by atoms with Crippen LogP contribution in [0.4, 0.5) is 0 Å². The molecule has 162 valence electrons. The molecule has 0 unspecified atom stereocenters. The number of hydrogen-bond acceptors (Lipinski definition) is 4. The number of rotatable bonds is 11. The summed E-state index contributed by atoms with van der Waals surface area (Å²) in [5.74, 6) is 1.47. The second-order valence-electron chi connectivity index (χ2n) is 6.62. The molecule has 0 saturated carbocycles. The highest BCUT2D eigenvalue weighted by Gasteiger charge is 2.04. The number of carbonyl (C=O) groups is 1. The lowest BCUT2D eigenvalue weighted by atomic mass is 10.1. The van der Waals surface area contributed by atoms with Crippen molar-refractivity contribution in [2.75, 3.05) is 33.9 Å². The molecule has 0 spiro atoms. The van der Waals surface area contributed by atoms with Gasteiger partial charge in [0.25, 0.3) is 5.91 Å². The number of methoxy groups -OCH3 is 1. The first-order valence-corrected chi connectivity index (χ1v) is 10.2. The van der Waals surface area contributed by atoms with Gasteiger partial charge in [-0.3, -0.25) is 4.79 Å². The highest BCUT2D eigenvalue weighted by molar-refractivity contribution is 5.93. The van der Waals surface area contributed by atoms with Gasteiger partial charge in [-0.1, -0.05) is 24.3 Å². The summed E-state index contributed by atoms with van der Waals surface area (Å²) >= 11 is 0. The Hall–Kier alpha value is -3.06. The Bertz CT molecular complexity index is 789. The SMILES string of the molecule is CCOCCCNC(=NCc1ccc(OC)cc1)NCc1ccc(C(=O)NC)cc1. The van der Waals surface area contributed by atoms with Crippen LogP contribution >= 0.6 is 0 Å². The molecule has 0 aliphatic heterocycles. The Labute approximate surface area is 178 Å². The normalized spacial score (nSPS) is 11.1. The lowest BCUT2D eigenvalue weighted by Gasteiger charge is -2.13. The zero-order valence-corrected chi connectivity index (χ0v) is 18.0. The number of benzene rings is 2. The largest absolute Gasteiger partial charge is 0.497 e. The molecule has 7 heteroatoms. The fourth-order valence-electron chi connectivity index (χ4n) is 2.71. The van der Waals surface area contributed by atoms with Crippen molar-refractivity contribution in [3.8, 4) is 5.75 Å². The minimum Gasteiger partial charge on any atom is -0.497 e. The van der Waals surface area contributed by atoms with Crippen molar-refractivity contribution in [1.82, 2.24) is 16.0 Å². The van der Waals surface area contributed by atoms with Crippen molar-refractivity contribution < 1.29 is 14.3 Å². The van der Waals surface area contributed by atoms with Crippen LogP contribution in [-0.4, -0.2) is 45.8 Å². The average molecular weight is 413 g/mol. The van der Waals surface area contributed by atoms with Gasteiger partial charge in [0.1, 0.15) is 5.75 Å². The molecule has 0 aliphatic rings. The van der Waals surface area contributed by atoms with E-state index in [1.807, 2.05) is 55.5 Å². The molecule has 0 saturated heterocycles. The Morgan fingerprint density at radius 1 is 1.00 bits per heavy atom. The Kier molecular flexibility index (Phi) is 10.2. The van der Waals surface area contributed by atoms with Crippen LogP contribution in [0.25, 0.3) is 0 Å². The van der Waals surface area contributed by atoms with Crippen molar-refractivity contribution in [2.24, 2.45) is 4.99 Å². The standard InChI is InChI=1S/C23H32N4O3/c1-4-30-15-5-14-25-23(27-17-19-8-12-21(29-3)13-9-19)26-16-18-6-10-20(11-7-18)22(28)24-2/h6-13H,4-5,14-17H2,1-3H3,(H,24,28)(H2,25,26,27). The van der Waals surface area contributed by atoms with E-state index in [1.165, 1.54) is 0 Å². The lowest BCUT2D eigenvalue weighted by molar-refractivity contribution is 0.0963. The third-order valence-electron chi connectivity index (χ3n) is 4.44. The van der Waals surface area contributed by atoms with E-state index < -0.39 is 0 Å². The summed E-state index contributed by atoms with van der Waals surface area (Å²) in [7, 11) is 3.28. The predicted molar refractivity (Wildman–Crippen MR) is 120 cm³/mol. The van der Waals surface area contributed by atoms with Crippen LogP contribution in [-0.2, 0) is 17.8 Å². The Balaban J connectivity index is 1.96. The molecule has 0 atom stereocenters. The molecule has 0 fully saturated rings. The molecule has 7 nitrogen and oxygen atoms in total. The van der Waals surface area contributed by atoms with Crippen molar-refractivity contribution >= 4 is 11.9 Å². The fourth-order valence-corrected chi connectivity index (χ4v) is 2.71. The van der Waals surface area contributed by atoms with Crippen LogP contribution in [0.2, 0.25) is 0 Å². The first-order chi connectivity index (χ1) is 14.7.